The molecule has 2 aromatic carbocycles. The third-order valence-electron chi connectivity index (χ3n) is 4.85. The molecule has 0 fully saturated rings. The van der Waals surface area contributed by atoms with E-state index < -0.39 is 0 Å². The molecule has 0 unspecified atom stereocenters. The number of nitrogens with one attached hydrogen (secondary N) is 1. The summed E-state index contributed by atoms with van der Waals surface area (Å²) in [5, 5.41) is 8.72. The number of aryl methyl sites for hydroxylation is 4. The van der Waals surface area contributed by atoms with Crippen LogP contribution in [-0.4, -0.2) is 20.7 Å². The molecule has 0 atom stereocenters. The molecule has 146 valence electrons. The first-order chi connectivity index (χ1) is 13.8. The van der Waals surface area contributed by atoms with Crippen molar-refractivity contribution in [1.29, 1.82) is 0 Å². The zero-order valence-corrected chi connectivity index (χ0v) is 18.9. The van der Waals surface area contributed by atoms with Crippen LogP contribution >= 0.6 is 22.6 Å². The fraction of sp³-hybridized carbons (Fsp3) is 0.174. The van der Waals surface area contributed by atoms with E-state index in [2.05, 4.69) is 65.9 Å². The van der Waals surface area contributed by atoms with Crippen LogP contribution in [0.3, 0.4) is 0 Å². The Morgan fingerprint density at radius 3 is 2.52 bits per heavy atom. The molecule has 0 aliphatic carbocycles. The number of aromatic nitrogens is 3. The van der Waals surface area contributed by atoms with E-state index in [4.69, 9.17) is 4.98 Å². The van der Waals surface area contributed by atoms with Crippen LogP contribution in [0.5, 0.6) is 0 Å². The zero-order valence-electron chi connectivity index (χ0n) is 16.7. The van der Waals surface area contributed by atoms with Crippen molar-refractivity contribution >= 4 is 45.2 Å². The Hall–Kier alpha value is -2.74. The number of hydrogen-bond donors (Lipinski definition) is 1. The highest BCUT2D eigenvalue weighted by molar-refractivity contribution is 14.1. The first-order valence-corrected chi connectivity index (χ1v) is 10.4. The van der Waals surface area contributed by atoms with Crippen molar-refractivity contribution in [3.8, 4) is 5.82 Å². The first kappa shape index (κ1) is 19.6. The van der Waals surface area contributed by atoms with E-state index in [0.717, 1.165) is 31.3 Å². The molecule has 0 spiro atoms. The lowest BCUT2D eigenvalue weighted by atomic mass is 10.0. The minimum atomic E-state index is -0.166. The second kappa shape index (κ2) is 7.59. The van der Waals surface area contributed by atoms with Gasteiger partial charge in [-0.1, -0.05) is 23.8 Å². The van der Waals surface area contributed by atoms with E-state index in [-0.39, 0.29) is 5.91 Å². The minimum absolute atomic E-state index is 0.166. The molecule has 0 bridgehead atoms. The molecule has 5 nitrogen and oxygen atoms in total. The predicted molar refractivity (Wildman–Crippen MR) is 125 cm³/mol. The van der Waals surface area contributed by atoms with E-state index in [1.807, 2.05) is 43.3 Å². The van der Waals surface area contributed by atoms with Crippen LogP contribution in [0.2, 0.25) is 0 Å². The van der Waals surface area contributed by atoms with E-state index in [0.29, 0.717) is 17.2 Å². The van der Waals surface area contributed by atoms with Gasteiger partial charge in [-0.25, -0.2) is 4.98 Å². The summed E-state index contributed by atoms with van der Waals surface area (Å²) in [5.41, 5.74) is 5.86. The molecule has 0 saturated heterocycles. The first-order valence-electron chi connectivity index (χ1n) is 9.35. The third-order valence-corrected chi connectivity index (χ3v) is 5.79. The molecular weight excluding hydrogens is 475 g/mol. The molecule has 2 aromatic heterocycles. The second-order valence-corrected chi connectivity index (χ2v) is 8.45. The third kappa shape index (κ3) is 3.76. The number of fused-ring (bicyclic) bond motifs is 1. The lowest BCUT2D eigenvalue weighted by molar-refractivity contribution is 0.102. The number of halogens is 1. The average Bonchev–Trinajstić information content (AvgIpc) is 3.03. The Balaban J connectivity index is 1.79. The summed E-state index contributed by atoms with van der Waals surface area (Å²) in [7, 11) is 0. The molecule has 4 rings (SSSR count). The normalized spacial score (nSPS) is 11.1. The number of carbonyl (C=O) groups excluding carboxylic acids is 1. The molecule has 6 heteroatoms. The van der Waals surface area contributed by atoms with Crippen LogP contribution in [0, 0.1) is 31.3 Å². The van der Waals surface area contributed by atoms with Crippen LogP contribution in [0.1, 0.15) is 32.7 Å². The van der Waals surface area contributed by atoms with Crippen molar-refractivity contribution in [2.75, 3.05) is 5.32 Å². The van der Waals surface area contributed by atoms with Crippen molar-refractivity contribution in [2.45, 2.75) is 27.7 Å². The van der Waals surface area contributed by atoms with Crippen molar-refractivity contribution in [3.05, 3.63) is 80.0 Å². The average molecular weight is 496 g/mol. The fourth-order valence-electron chi connectivity index (χ4n) is 3.53. The van der Waals surface area contributed by atoms with E-state index in [9.17, 15) is 4.79 Å². The Labute approximate surface area is 183 Å². The quantitative estimate of drug-likeness (QED) is 0.381. The lowest BCUT2D eigenvalue weighted by Gasteiger charge is -2.13. The largest absolute Gasteiger partial charge is 0.306 e. The zero-order chi connectivity index (χ0) is 20.7. The summed E-state index contributed by atoms with van der Waals surface area (Å²) in [6, 6.07) is 15.7. The van der Waals surface area contributed by atoms with Gasteiger partial charge in [0.05, 0.1) is 16.8 Å². The molecular formula is C23H21IN4O. The molecule has 0 aliphatic heterocycles. The predicted octanol–water partition coefficient (Wildman–Crippen LogP) is 5.51. The monoisotopic (exact) mass is 496 g/mol. The van der Waals surface area contributed by atoms with Crippen LogP contribution < -0.4 is 5.32 Å². The standard InChI is InChI=1S/C23H21IN4O/c1-13-9-15(3)22-18(10-13)14(2)11-20(25-22)28-21(12-16(4)27-28)26-23(29)17-7-5-6-8-19(17)24/h5-12H,1-4H3,(H,26,29). The van der Waals surface area contributed by atoms with Crippen molar-refractivity contribution < 1.29 is 4.79 Å². The molecule has 1 amide bonds. The number of pyridine rings is 1. The van der Waals surface area contributed by atoms with Crippen molar-refractivity contribution in [3.63, 3.8) is 0 Å². The lowest BCUT2D eigenvalue weighted by Crippen LogP contribution is -2.16. The van der Waals surface area contributed by atoms with E-state index >= 15 is 0 Å². The number of hydrogen-bond acceptors (Lipinski definition) is 3. The van der Waals surface area contributed by atoms with Gasteiger partial charge in [-0.3, -0.25) is 4.79 Å². The van der Waals surface area contributed by atoms with E-state index in [1.165, 1.54) is 5.56 Å². The maximum atomic E-state index is 12.8. The fourth-order valence-corrected chi connectivity index (χ4v) is 4.16. The molecule has 0 radical (unpaired) electrons. The van der Waals surface area contributed by atoms with Crippen LogP contribution in [0.15, 0.2) is 48.5 Å². The Morgan fingerprint density at radius 1 is 1.00 bits per heavy atom. The molecule has 0 aliphatic rings. The number of anilines is 1. The van der Waals surface area contributed by atoms with Crippen LogP contribution in [-0.2, 0) is 0 Å². The van der Waals surface area contributed by atoms with E-state index in [1.54, 1.807) is 4.68 Å². The van der Waals surface area contributed by atoms with Gasteiger partial charge in [-0.05, 0) is 85.7 Å². The highest BCUT2D eigenvalue weighted by Gasteiger charge is 2.16. The Morgan fingerprint density at radius 2 is 1.76 bits per heavy atom. The van der Waals surface area contributed by atoms with Gasteiger partial charge in [0.1, 0.15) is 5.82 Å². The maximum absolute atomic E-state index is 12.8. The molecule has 4 aromatic rings. The van der Waals surface area contributed by atoms with Gasteiger partial charge in [0.2, 0.25) is 0 Å². The number of nitrogens with zero attached hydrogens (tertiary/aromatic N) is 3. The van der Waals surface area contributed by atoms with Gasteiger partial charge < -0.3 is 5.32 Å². The summed E-state index contributed by atoms with van der Waals surface area (Å²) < 4.78 is 2.60. The summed E-state index contributed by atoms with van der Waals surface area (Å²) in [6.07, 6.45) is 0. The SMILES string of the molecule is Cc1cc(C)c2nc(-n3nc(C)cc3NC(=O)c3ccccc3I)cc(C)c2c1. The van der Waals surface area contributed by atoms with Gasteiger partial charge in [-0.15, -0.1) is 0 Å². The highest BCUT2D eigenvalue weighted by Crippen LogP contribution is 2.26. The molecule has 0 saturated carbocycles. The van der Waals surface area contributed by atoms with Gasteiger partial charge in [-0.2, -0.15) is 9.78 Å². The summed E-state index contributed by atoms with van der Waals surface area (Å²) in [4.78, 5) is 17.7. The molecule has 2 heterocycles. The van der Waals surface area contributed by atoms with Crippen molar-refractivity contribution in [2.24, 2.45) is 0 Å². The summed E-state index contributed by atoms with van der Waals surface area (Å²) >= 11 is 2.17. The Kier molecular flexibility index (Phi) is 5.12. The molecule has 1 N–H and O–H groups in total. The minimum Gasteiger partial charge on any atom is -0.306 e. The second-order valence-electron chi connectivity index (χ2n) is 7.29. The van der Waals surface area contributed by atoms with Crippen LogP contribution in [0.4, 0.5) is 5.82 Å². The van der Waals surface area contributed by atoms with Gasteiger partial charge >= 0.3 is 0 Å². The van der Waals surface area contributed by atoms with Crippen LogP contribution in [0.25, 0.3) is 16.7 Å². The van der Waals surface area contributed by atoms with Gasteiger partial charge in [0.15, 0.2) is 5.82 Å². The summed E-state index contributed by atoms with van der Waals surface area (Å²) in [5.74, 6) is 1.12. The highest BCUT2D eigenvalue weighted by atomic mass is 127. The number of rotatable bonds is 3. The smallest absolute Gasteiger partial charge is 0.257 e. The van der Waals surface area contributed by atoms with Gasteiger partial charge in [0.25, 0.3) is 5.91 Å². The number of benzene rings is 2. The maximum Gasteiger partial charge on any atom is 0.257 e. The van der Waals surface area contributed by atoms with Gasteiger partial charge in [0, 0.05) is 15.0 Å². The topological polar surface area (TPSA) is 59.8 Å². The molecule has 29 heavy (non-hydrogen) atoms. The van der Waals surface area contributed by atoms with Crippen molar-refractivity contribution in [1.82, 2.24) is 14.8 Å². The Bertz CT molecular complexity index is 1260. The summed E-state index contributed by atoms with van der Waals surface area (Å²) in [6.45, 7) is 8.14. The number of amides is 1. The number of carbonyl (C=O) groups is 1.